The van der Waals surface area contributed by atoms with Gasteiger partial charge in [0.15, 0.2) is 11.3 Å². The van der Waals surface area contributed by atoms with Crippen LogP contribution in [0.5, 0.6) is 0 Å². The first-order valence-electron chi connectivity index (χ1n) is 11.8. The van der Waals surface area contributed by atoms with Crippen molar-refractivity contribution in [2.45, 2.75) is 39.0 Å². The first-order valence-corrected chi connectivity index (χ1v) is 12.6. The number of carbonyl (C=O) groups excluding carboxylic acids is 1. The molecule has 1 aliphatic heterocycles. The molecule has 0 bridgehead atoms. The number of methoxy groups -OCH3 is 1. The molecular formula is C24H31BrN6O4. The molecule has 1 saturated heterocycles. The minimum absolute atomic E-state index is 0.00905. The number of fused-ring (bicyclic) bond motifs is 1. The van der Waals surface area contributed by atoms with E-state index in [1.807, 2.05) is 6.07 Å². The highest BCUT2D eigenvalue weighted by atomic mass is 79.9. The Morgan fingerprint density at radius 3 is 2.74 bits per heavy atom. The number of H-pyrrole nitrogens is 1. The Hall–Kier alpha value is -2.79. The zero-order valence-corrected chi connectivity index (χ0v) is 22.1. The van der Waals surface area contributed by atoms with Crippen LogP contribution in [0.3, 0.4) is 0 Å². The van der Waals surface area contributed by atoms with E-state index in [9.17, 15) is 9.59 Å². The predicted molar refractivity (Wildman–Crippen MR) is 136 cm³/mol. The fraction of sp³-hybridized carbons (Fsp3) is 0.542. The summed E-state index contributed by atoms with van der Waals surface area (Å²) in [5.41, 5.74) is 3.21. The summed E-state index contributed by atoms with van der Waals surface area (Å²) in [4.78, 5) is 31.5. The fourth-order valence-corrected chi connectivity index (χ4v) is 5.16. The highest BCUT2D eigenvalue weighted by molar-refractivity contribution is 9.10. The Kier molecular flexibility index (Phi) is 7.85. The van der Waals surface area contributed by atoms with Gasteiger partial charge >= 0.3 is 5.97 Å². The molecule has 10 nitrogen and oxygen atoms in total. The summed E-state index contributed by atoms with van der Waals surface area (Å²) in [5.74, 6) is 0.0503. The maximum atomic E-state index is 12.5. The van der Waals surface area contributed by atoms with Crippen LogP contribution in [0.2, 0.25) is 0 Å². The average Bonchev–Trinajstić information content (AvgIpc) is 3.27. The molecular weight excluding hydrogens is 516 g/mol. The SMILES string of the molecule is CCOC(=O)c1cc(N2CCC(COC)CC2)c2c(C(C)Cc3cc(=O)n(C)nc3Br)[nH]nc2n1. The van der Waals surface area contributed by atoms with Crippen LogP contribution >= 0.6 is 15.9 Å². The van der Waals surface area contributed by atoms with Gasteiger partial charge in [-0.25, -0.2) is 14.5 Å². The van der Waals surface area contributed by atoms with E-state index >= 15 is 0 Å². The molecule has 1 aliphatic rings. The monoisotopic (exact) mass is 546 g/mol. The van der Waals surface area contributed by atoms with Crippen LogP contribution in [-0.4, -0.2) is 64.3 Å². The van der Waals surface area contributed by atoms with Crippen LogP contribution in [0.1, 0.15) is 54.4 Å². The third-order valence-corrected chi connectivity index (χ3v) is 7.18. The first-order chi connectivity index (χ1) is 16.8. The number of halogens is 1. The standard InChI is InChI=1S/C24H31BrN6O4/c1-5-35-24(33)17-12-18(31-8-6-15(7-9-31)13-34-4)20-21(27-28-23(20)26-17)14(2)10-16-11-19(32)30(3)29-22(16)25/h11-12,14-15H,5-10,13H2,1-4H3,(H,26,27,28). The topological polar surface area (TPSA) is 115 Å². The minimum atomic E-state index is -0.461. The van der Waals surface area contributed by atoms with Gasteiger partial charge in [-0.05, 0) is 59.7 Å². The number of esters is 1. The number of aromatic nitrogens is 5. The van der Waals surface area contributed by atoms with Gasteiger partial charge in [0.05, 0.1) is 17.7 Å². The highest BCUT2D eigenvalue weighted by Crippen LogP contribution is 2.36. The molecule has 1 unspecified atom stereocenters. The number of hydrogen-bond acceptors (Lipinski definition) is 8. The quantitative estimate of drug-likeness (QED) is 0.428. The van der Waals surface area contributed by atoms with Crippen LogP contribution in [-0.2, 0) is 22.9 Å². The largest absolute Gasteiger partial charge is 0.461 e. The van der Waals surface area contributed by atoms with Gasteiger partial charge in [-0.2, -0.15) is 10.2 Å². The lowest BCUT2D eigenvalue weighted by Crippen LogP contribution is -2.35. The molecule has 0 aliphatic carbocycles. The predicted octanol–water partition coefficient (Wildman–Crippen LogP) is 3.20. The van der Waals surface area contributed by atoms with E-state index in [4.69, 9.17) is 9.47 Å². The van der Waals surface area contributed by atoms with Gasteiger partial charge < -0.3 is 14.4 Å². The lowest BCUT2D eigenvalue weighted by atomic mass is 9.94. The Balaban J connectivity index is 1.73. The third kappa shape index (κ3) is 5.40. The van der Waals surface area contributed by atoms with E-state index in [-0.39, 0.29) is 23.8 Å². The highest BCUT2D eigenvalue weighted by Gasteiger charge is 2.27. The molecule has 3 aromatic heterocycles. The van der Waals surface area contributed by atoms with Crippen LogP contribution in [0, 0.1) is 5.92 Å². The van der Waals surface area contributed by atoms with Gasteiger partial charge in [-0.15, -0.1) is 0 Å². The smallest absolute Gasteiger partial charge is 0.357 e. The fourth-order valence-electron chi connectivity index (χ4n) is 4.64. The van der Waals surface area contributed by atoms with Crippen molar-refractivity contribution in [1.82, 2.24) is 25.0 Å². The number of ether oxygens (including phenoxy) is 2. The second-order valence-electron chi connectivity index (χ2n) is 9.00. The summed E-state index contributed by atoms with van der Waals surface area (Å²) in [7, 11) is 3.36. The zero-order valence-electron chi connectivity index (χ0n) is 20.5. The number of hydrogen-bond donors (Lipinski definition) is 1. The molecule has 0 spiro atoms. The lowest BCUT2D eigenvalue weighted by molar-refractivity contribution is 0.0520. The normalized spacial score (nSPS) is 15.5. The van der Waals surface area contributed by atoms with E-state index < -0.39 is 5.97 Å². The third-order valence-electron chi connectivity index (χ3n) is 6.51. The number of pyridine rings is 1. The van der Waals surface area contributed by atoms with E-state index in [1.54, 1.807) is 27.1 Å². The molecule has 1 fully saturated rings. The molecule has 35 heavy (non-hydrogen) atoms. The van der Waals surface area contributed by atoms with E-state index in [0.717, 1.165) is 54.9 Å². The number of rotatable bonds is 8. The van der Waals surface area contributed by atoms with Crippen molar-refractivity contribution >= 4 is 38.6 Å². The van der Waals surface area contributed by atoms with Crippen molar-refractivity contribution in [3.05, 3.63) is 44.0 Å². The minimum Gasteiger partial charge on any atom is -0.461 e. The summed E-state index contributed by atoms with van der Waals surface area (Å²) < 4.78 is 12.5. The van der Waals surface area contributed by atoms with Crippen LogP contribution in [0.4, 0.5) is 5.69 Å². The summed E-state index contributed by atoms with van der Waals surface area (Å²) in [6.45, 7) is 6.57. The van der Waals surface area contributed by atoms with E-state index in [1.165, 1.54) is 4.68 Å². The molecule has 1 N–H and O–H groups in total. The number of piperidine rings is 1. The van der Waals surface area contributed by atoms with Crippen molar-refractivity contribution in [2.24, 2.45) is 13.0 Å². The van der Waals surface area contributed by atoms with Crippen molar-refractivity contribution in [3.63, 3.8) is 0 Å². The number of nitrogens with zero attached hydrogens (tertiary/aromatic N) is 5. The lowest BCUT2D eigenvalue weighted by Gasteiger charge is -2.34. The Morgan fingerprint density at radius 2 is 2.06 bits per heavy atom. The summed E-state index contributed by atoms with van der Waals surface area (Å²) in [5, 5.41) is 12.7. The summed E-state index contributed by atoms with van der Waals surface area (Å²) >= 11 is 3.48. The number of carbonyl (C=O) groups is 1. The summed E-state index contributed by atoms with van der Waals surface area (Å²) in [6, 6.07) is 3.42. The molecule has 0 saturated carbocycles. The molecule has 0 amide bonds. The van der Waals surface area contributed by atoms with Crippen LogP contribution < -0.4 is 10.5 Å². The van der Waals surface area contributed by atoms with Gasteiger partial charge in [0.1, 0.15) is 4.60 Å². The van der Waals surface area contributed by atoms with E-state index in [0.29, 0.717) is 22.6 Å². The Bertz CT molecular complexity index is 1260. The van der Waals surface area contributed by atoms with E-state index in [2.05, 4.69) is 48.0 Å². The van der Waals surface area contributed by atoms with Gasteiger partial charge in [0.25, 0.3) is 5.56 Å². The molecule has 1 atom stereocenters. The molecule has 0 radical (unpaired) electrons. The maximum Gasteiger partial charge on any atom is 0.357 e. The van der Waals surface area contributed by atoms with Gasteiger partial charge in [-0.1, -0.05) is 6.92 Å². The molecule has 4 rings (SSSR count). The average molecular weight is 547 g/mol. The number of aryl methyl sites for hydroxylation is 1. The van der Waals surface area contributed by atoms with Crippen molar-refractivity contribution in [3.8, 4) is 0 Å². The van der Waals surface area contributed by atoms with Gasteiger partial charge in [0, 0.05) is 51.5 Å². The Morgan fingerprint density at radius 1 is 1.31 bits per heavy atom. The summed E-state index contributed by atoms with van der Waals surface area (Å²) in [6.07, 6.45) is 2.58. The van der Waals surface area contributed by atoms with Crippen molar-refractivity contribution < 1.29 is 14.3 Å². The van der Waals surface area contributed by atoms with Crippen LogP contribution in [0.15, 0.2) is 21.5 Å². The molecule has 3 aromatic rings. The number of anilines is 1. The molecule has 188 valence electrons. The van der Waals surface area contributed by atoms with Crippen molar-refractivity contribution in [2.75, 3.05) is 38.3 Å². The second kappa shape index (κ2) is 10.9. The van der Waals surface area contributed by atoms with Crippen LogP contribution in [0.25, 0.3) is 11.0 Å². The molecule has 4 heterocycles. The number of aromatic amines is 1. The van der Waals surface area contributed by atoms with Crippen molar-refractivity contribution in [1.29, 1.82) is 0 Å². The second-order valence-corrected chi connectivity index (χ2v) is 9.75. The molecule has 0 aromatic carbocycles. The Labute approximate surface area is 212 Å². The van der Waals surface area contributed by atoms with Gasteiger partial charge in [0.2, 0.25) is 0 Å². The maximum absolute atomic E-state index is 12.5. The number of nitrogens with one attached hydrogen (secondary N) is 1. The van der Waals surface area contributed by atoms with Gasteiger partial charge in [-0.3, -0.25) is 9.89 Å². The zero-order chi connectivity index (χ0) is 25.1. The molecule has 11 heteroatoms. The first kappa shape index (κ1) is 25.3.